The van der Waals surface area contributed by atoms with Crippen molar-refractivity contribution in [2.75, 3.05) is 41.3 Å². The lowest BCUT2D eigenvalue weighted by Gasteiger charge is -2.35. The molecular formula is C23H28N6. The van der Waals surface area contributed by atoms with E-state index >= 15 is 0 Å². The van der Waals surface area contributed by atoms with Gasteiger partial charge in [-0.2, -0.15) is 4.98 Å². The van der Waals surface area contributed by atoms with Gasteiger partial charge in [-0.3, -0.25) is 0 Å². The number of rotatable bonds is 5. The largest absolute Gasteiger partial charge is 0.353 e. The highest BCUT2D eigenvalue weighted by molar-refractivity contribution is 5.66. The fourth-order valence-corrected chi connectivity index (χ4v) is 3.72. The molecule has 6 heteroatoms. The lowest BCUT2D eigenvalue weighted by atomic mass is 9.98. The number of aryl methyl sites for hydroxylation is 1. The highest BCUT2D eigenvalue weighted by Crippen LogP contribution is 2.30. The Balaban J connectivity index is 1.48. The first-order valence-electron chi connectivity index (χ1n) is 10.2. The van der Waals surface area contributed by atoms with Crippen LogP contribution in [0.15, 0.2) is 54.9 Å². The van der Waals surface area contributed by atoms with Crippen LogP contribution in [-0.4, -0.2) is 41.1 Å². The number of para-hydroxylation sites is 1. The molecule has 1 saturated heterocycles. The molecule has 3 heterocycles. The van der Waals surface area contributed by atoms with Crippen LogP contribution in [0, 0.1) is 6.92 Å². The van der Waals surface area contributed by atoms with Gasteiger partial charge in [0.05, 0.1) is 0 Å². The molecule has 0 unspecified atom stereocenters. The van der Waals surface area contributed by atoms with E-state index in [0.717, 1.165) is 49.5 Å². The normalized spacial score (nSPS) is 14.3. The predicted molar refractivity (Wildman–Crippen MR) is 119 cm³/mol. The number of hydrogen-bond donors (Lipinski definition) is 1. The van der Waals surface area contributed by atoms with Crippen molar-refractivity contribution < 1.29 is 0 Å². The van der Waals surface area contributed by atoms with Gasteiger partial charge in [0.15, 0.2) is 0 Å². The van der Waals surface area contributed by atoms with Gasteiger partial charge in [-0.15, -0.1) is 0 Å². The van der Waals surface area contributed by atoms with Crippen molar-refractivity contribution in [1.82, 2.24) is 15.0 Å². The van der Waals surface area contributed by atoms with E-state index in [1.807, 2.05) is 30.6 Å². The van der Waals surface area contributed by atoms with Gasteiger partial charge in [-0.05, 0) is 42.2 Å². The van der Waals surface area contributed by atoms with Gasteiger partial charge in [0.1, 0.15) is 11.6 Å². The lowest BCUT2D eigenvalue weighted by molar-refractivity contribution is 0.635. The monoisotopic (exact) mass is 388 g/mol. The van der Waals surface area contributed by atoms with Crippen LogP contribution in [0.4, 0.5) is 23.3 Å². The number of pyridine rings is 1. The van der Waals surface area contributed by atoms with E-state index in [1.165, 1.54) is 11.1 Å². The van der Waals surface area contributed by atoms with Crippen molar-refractivity contribution >= 4 is 23.3 Å². The molecule has 0 atom stereocenters. The zero-order valence-corrected chi connectivity index (χ0v) is 17.3. The van der Waals surface area contributed by atoms with Crippen molar-refractivity contribution in [3.05, 3.63) is 66.0 Å². The smallest absolute Gasteiger partial charge is 0.227 e. The molecule has 0 saturated carbocycles. The lowest BCUT2D eigenvalue weighted by Crippen LogP contribution is -2.47. The van der Waals surface area contributed by atoms with Crippen molar-refractivity contribution in [3.63, 3.8) is 0 Å². The summed E-state index contributed by atoms with van der Waals surface area (Å²) in [6, 6.07) is 14.4. The fourth-order valence-electron chi connectivity index (χ4n) is 3.72. The third-order valence-corrected chi connectivity index (χ3v) is 5.36. The van der Waals surface area contributed by atoms with Crippen LogP contribution in [0.5, 0.6) is 0 Å². The topological polar surface area (TPSA) is 57.2 Å². The zero-order chi connectivity index (χ0) is 20.2. The minimum absolute atomic E-state index is 0.443. The molecule has 150 valence electrons. The van der Waals surface area contributed by atoms with Gasteiger partial charge < -0.3 is 15.1 Å². The van der Waals surface area contributed by atoms with Crippen molar-refractivity contribution in [1.29, 1.82) is 0 Å². The first-order valence-corrected chi connectivity index (χ1v) is 10.2. The van der Waals surface area contributed by atoms with Gasteiger partial charge in [0, 0.05) is 44.3 Å². The minimum Gasteiger partial charge on any atom is -0.353 e. The highest BCUT2D eigenvalue weighted by Gasteiger charge is 2.20. The van der Waals surface area contributed by atoms with Gasteiger partial charge in [-0.25, -0.2) is 9.97 Å². The van der Waals surface area contributed by atoms with Gasteiger partial charge in [0.2, 0.25) is 5.95 Å². The van der Waals surface area contributed by atoms with Gasteiger partial charge in [0.25, 0.3) is 0 Å². The van der Waals surface area contributed by atoms with Crippen LogP contribution in [0.1, 0.15) is 30.9 Å². The maximum atomic E-state index is 4.80. The molecule has 1 aliphatic rings. The van der Waals surface area contributed by atoms with Crippen LogP contribution in [0.3, 0.4) is 0 Å². The number of benzene rings is 1. The molecule has 4 rings (SSSR count). The Kier molecular flexibility index (Phi) is 5.60. The fraction of sp³-hybridized carbons (Fsp3) is 0.348. The summed E-state index contributed by atoms with van der Waals surface area (Å²) in [5, 5.41) is 3.54. The van der Waals surface area contributed by atoms with E-state index in [1.54, 1.807) is 0 Å². The molecule has 0 bridgehead atoms. The molecule has 0 aliphatic carbocycles. The SMILES string of the molecule is Cc1cccc(C(C)C)c1Nc1ccnc(N2CCN(c3ccccn3)CC2)n1. The molecule has 6 nitrogen and oxygen atoms in total. The summed E-state index contributed by atoms with van der Waals surface area (Å²) in [6.45, 7) is 10.1. The highest BCUT2D eigenvalue weighted by atomic mass is 15.3. The number of piperazine rings is 1. The molecule has 0 spiro atoms. The molecule has 1 aliphatic heterocycles. The zero-order valence-electron chi connectivity index (χ0n) is 17.3. The summed E-state index contributed by atoms with van der Waals surface area (Å²) in [5.74, 6) is 3.08. The Labute approximate surface area is 172 Å². The second-order valence-corrected chi connectivity index (χ2v) is 7.72. The van der Waals surface area contributed by atoms with E-state index < -0.39 is 0 Å². The van der Waals surface area contributed by atoms with Crippen LogP contribution >= 0.6 is 0 Å². The molecule has 29 heavy (non-hydrogen) atoms. The van der Waals surface area contributed by atoms with Crippen molar-refractivity contribution in [2.45, 2.75) is 26.7 Å². The molecule has 3 aromatic rings. The van der Waals surface area contributed by atoms with E-state index in [-0.39, 0.29) is 0 Å². The van der Waals surface area contributed by atoms with Crippen molar-refractivity contribution in [2.24, 2.45) is 0 Å². The number of nitrogens with one attached hydrogen (secondary N) is 1. The first-order chi connectivity index (χ1) is 14.1. The second kappa shape index (κ2) is 8.47. The van der Waals surface area contributed by atoms with E-state index in [4.69, 9.17) is 4.98 Å². The van der Waals surface area contributed by atoms with Crippen LogP contribution in [-0.2, 0) is 0 Å². The Morgan fingerprint density at radius 3 is 2.38 bits per heavy atom. The number of aromatic nitrogens is 3. The van der Waals surface area contributed by atoms with Crippen LogP contribution in [0.2, 0.25) is 0 Å². The molecule has 2 aromatic heterocycles. The summed E-state index contributed by atoms with van der Waals surface area (Å²) in [7, 11) is 0. The summed E-state index contributed by atoms with van der Waals surface area (Å²) in [6.07, 6.45) is 3.68. The quantitative estimate of drug-likeness (QED) is 0.700. The summed E-state index contributed by atoms with van der Waals surface area (Å²) < 4.78 is 0. The average molecular weight is 389 g/mol. The van der Waals surface area contributed by atoms with Crippen LogP contribution in [0.25, 0.3) is 0 Å². The van der Waals surface area contributed by atoms with Gasteiger partial charge >= 0.3 is 0 Å². The van der Waals surface area contributed by atoms with E-state index in [0.29, 0.717) is 5.92 Å². The minimum atomic E-state index is 0.443. The summed E-state index contributed by atoms with van der Waals surface area (Å²) >= 11 is 0. The molecule has 0 amide bonds. The molecule has 1 N–H and O–H groups in total. The molecule has 1 fully saturated rings. The maximum Gasteiger partial charge on any atom is 0.227 e. The second-order valence-electron chi connectivity index (χ2n) is 7.72. The average Bonchev–Trinajstić information content (AvgIpc) is 2.76. The number of anilines is 4. The number of nitrogens with zero attached hydrogens (tertiary/aromatic N) is 5. The standard InChI is InChI=1S/C23H28N6/c1-17(2)19-8-6-7-18(3)22(19)26-20-10-12-25-23(27-20)29-15-13-28(14-16-29)21-9-4-5-11-24-21/h4-12,17H,13-16H2,1-3H3,(H,25,26,27). The Bertz CT molecular complexity index is 949. The summed E-state index contributed by atoms with van der Waals surface area (Å²) in [5.41, 5.74) is 3.67. The number of hydrogen-bond acceptors (Lipinski definition) is 6. The van der Waals surface area contributed by atoms with E-state index in [9.17, 15) is 0 Å². The Hall–Kier alpha value is -3.15. The maximum absolute atomic E-state index is 4.80. The van der Waals surface area contributed by atoms with Crippen molar-refractivity contribution in [3.8, 4) is 0 Å². The van der Waals surface area contributed by atoms with Gasteiger partial charge in [-0.1, -0.05) is 38.1 Å². The molecule has 1 aromatic carbocycles. The third kappa shape index (κ3) is 4.31. The Morgan fingerprint density at radius 1 is 0.862 bits per heavy atom. The first kappa shape index (κ1) is 19.2. The predicted octanol–water partition coefficient (Wildman–Crippen LogP) is 4.37. The molecule has 0 radical (unpaired) electrons. The third-order valence-electron chi connectivity index (χ3n) is 5.36. The van der Waals surface area contributed by atoms with E-state index in [2.05, 4.69) is 70.1 Å². The summed E-state index contributed by atoms with van der Waals surface area (Å²) in [4.78, 5) is 18.3. The van der Waals surface area contributed by atoms with Crippen LogP contribution < -0.4 is 15.1 Å². The Morgan fingerprint density at radius 2 is 1.66 bits per heavy atom. The molecular weight excluding hydrogens is 360 g/mol.